The number of aryl methyl sites for hydroxylation is 1. The Morgan fingerprint density at radius 2 is 1.72 bits per heavy atom. The third-order valence-electron chi connectivity index (χ3n) is 7.58. The van der Waals surface area contributed by atoms with Crippen LogP contribution < -0.4 is 10.2 Å². The number of nitrogens with one attached hydrogen (secondary N) is 1. The average molecular weight is 429 g/mol. The summed E-state index contributed by atoms with van der Waals surface area (Å²) >= 11 is 0. The molecule has 168 valence electrons. The molecule has 2 saturated heterocycles. The highest BCUT2D eigenvalue weighted by Gasteiger charge is 2.35. The van der Waals surface area contributed by atoms with Gasteiger partial charge in [0.2, 0.25) is 0 Å². The zero-order valence-electron chi connectivity index (χ0n) is 19.5. The van der Waals surface area contributed by atoms with Crippen molar-refractivity contribution in [2.75, 3.05) is 44.2 Å². The van der Waals surface area contributed by atoms with Crippen LogP contribution in [0.4, 0.5) is 5.82 Å². The standard InChI is InChI=1S/C28H36N4/c1-21-19-24-11-6-7-13-26(24)30-28(21)32-17-15-31(16-18-32)27(25-12-8-14-29-20-25)22(2)23-9-4-3-5-10-23/h3-7,9-11,13,19,22,25,27,29H,8,12,14-18,20H2,1-2H3. The van der Waals surface area contributed by atoms with Crippen molar-refractivity contribution in [3.63, 3.8) is 0 Å². The van der Waals surface area contributed by atoms with Crippen molar-refractivity contribution in [2.24, 2.45) is 5.92 Å². The van der Waals surface area contributed by atoms with Crippen LogP contribution >= 0.6 is 0 Å². The van der Waals surface area contributed by atoms with Gasteiger partial charge >= 0.3 is 0 Å². The molecule has 1 aromatic heterocycles. The number of anilines is 1. The molecule has 2 aromatic carbocycles. The highest BCUT2D eigenvalue weighted by Crippen LogP contribution is 2.33. The summed E-state index contributed by atoms with van der Waals surface area (Å²) in [7, 11) is 0. The monoisotopic (exact) mass is 428 g/mol. The number of rotatable bonds is 5. The van der Waals surface area contributed by atoms with Gasteiger partial charge in [-0.3, -0.25) is 4.90 Å². The highest BCUT2D eigenvalue weighted by molar-refractivity contribution is 5.81. The highest BCUT2D eigenvalue weighted by atomic mass is 15.3. The first-order valence-electron chi connectivity index (χ1n) is 12.3. The molecule has 3 atom stereocenters. The number of hydrogen-bond donors (Lipinski definition) is 1. The van der Waals surface area contributed by atoms with E-state index in [9.17, 15) is 0 Å². The van der Waals surface area contributed by atoms with Crippen LogP contribution in [0.3, 0.4) is 0 Å². The maximum absolute atomic E-state index is 5.04. The number of para-hydroxylation sites is 1. The van der Waals surface area contributed by atoms with E-state index >= 15 is 0 Å². The summed E-state index contributed by atoms with van der Waals surface area (Å²) in [6.07, 6.45) is 2.63. The molecule has 0 aliphatic carbocycles. The first kappa shape index (κ1) is 21.4. The summed E-state index contributed by atoms with van der Waals surface area (Å²) < 4.78 is 0. The largest absolute Gasteiger partial charge is 0.354 e. The molecule has 2 aliphatic rings. The van der Waals surface area contributed by atoms with Gasteiger partial charge in [0.15, 0.2) is 0 Å². The zero-order valence-corrected chi connectivity index (χ0v) is 19.5. The lowest BCUT2D eigenvalue weighted by molar-refractivity contribution is 0.0985. The Kier molecular flexibility index (Phi) is 6.42. The van der Waals surface area contributed by atoms with E-state index in [2.05, 4.69) is 89.6 Å². The Balaban J connectivity index is 1.35. The molecule has 2 fully saturated rings. The number of hydrogen-bond acceptors (Lipinski definition) is 4. The summed E-state index contributed by atoms with van der Waals surface area (Å²) in [5, 5.41) is 4.90. The van der Waals surface area contributed by atoms with Crippen molar-refractivity contribution in [3.05, 3.63) is 71.8 Å². The number of aromatic nitrogens is 1. The first-order chi connectivity index (χ1) is 15.7. The van der Waals surface area contributed by atoms with Gasteiger partial charge in [-0.25, -0.2) is 4.98 Å². The Morgan fingerprint density at radius 1 is 0.969 bits per heavy atom. The molecule has 4 nitrogen and oxygen atoms in total. The van der Waals surface area contributed by atoms with E-state index in [1.54, 1.807) is 0 Å². The molecule has 3 heterocycles. The molecular formula is C28H36N4. The number of benzene rings is 2. The van der Waals surface area contributed by atoms with Crippen LogP contribution in [-0.2, 0) is 0 Å². The van der Waals surface area contributed by atoms with E-state index in [-0.39, 0.29) is 0 Å². The fourth-order valence-electron chi connectivity index (χ4n) is 5.91. The van der Waals surface area contributed by atoms with Gasteiger partial charge in [-0.1, -0.05) is 55.5 Å². The van der Waals surface area contributed by atoms with Crippen LogP contribution in [0.1, 0.15) is 36.8 Å². The van der Waals surface area contributed by atoms with Crippen molar-refractivity contribution >= 4 is 16.7 Å². The SMILES string of the molecule is Cc1cc2ccccc2nc1N1CCN(C(C2CCCNC2)C(C)c2ccccc2)CC1. The molecule has 0 saturated carbocycles. The van der Waals surface area contributed by atoms with Crippen molar-refractivity contribution in [2.45, 2.75) is 38.6 Å². The summed E-state index contributed by atoms with van der Waals surface area (Å²) in [6, 6.07) is 22.5. The van der Waals surface area contributed by atoms with Crippen LogP contribution in [0, 0.1) is 12.8 Å². The van der Waals surface area contributed by atoms with Crippen molar-refractivity contribution in [1.82, 2.24) is 15.2 Å². The maximum atomic E-state index is 5.04. The quantitative estimate of drug-likeness (QED) is 0.630. The molecule has 0 radical (unpaired) electrons. The minimum Gasteiger partial charge on any atom is -0.354 e. The number of fused-ring (bicyclic) bond motifs is 1. The van der Waals surface area contributed by atoms with Gasteiger partial charge in [0.05, 0.1) is 5.52 Å². The Labute approximate surface area is 192 Å². The summed E-state index contributed by atoms with van der Waals surface area (Å²) in [5.41, 5.74) is 3.85. The van der Waals surface area contributed by atoms with E-state index < -0.39 is 0 Å². The van der Waals surface area contributed by atoms with E-state index in [0.29, 0.717) is 17.9 Å². The van der Waals surface area contributed by atoms with Crippen LogP contribution in [0.5, 0.6) is 0 Å². The Morgan fingerprint density at radius 3 is 2.47 bits per heavy atom. The summed E-state index contributed by atoms with van der Waals surface area (Å²) in [4.78, 5) is 10.3. The molecule has 3 aromatic rings. The second kappa shape index (κ2) is 9.60. The first-order valence-corrected chi connectivity index (χ1v) is 12.3. The van der Waals surface area contributed by atoms with Gasteiger partial charge in [-0.05, 0) is 68.0 Å². The third-order valence-corrected chi connectivity index (χ3v) is 7.58. The fraction of sp³-hybridized carbons (Fsp3) is 0.464. The molecule has 32 heavy (non-hydrogen) atoms. The van der Waals surface area contributed by atoms with Crippen LogP contribution in [0.25, 0.3) is 10.9 Å². The predicted octanol–water partition coefficient (Wildman–Crippen LogP) is 4.84. The van der Waals surface area contributed by atoms with Gasteiger partial charge in [-0.2, -0.15) is 0 Å². The summed E-state index contributed by atoms with van der Waals surface area (Å²) in [6.45, 7) is 11.3. The van der Waals surface area contributed by atoms with E-state index in [1.807, 2.05) is 0 Å². The average Bonchev–Trinajstić information content (AvgIpc) is 2.85. The number of piperazine rings is 1. The Hall–Kier alpha value is -2.43. The van der Waals surface area contributed by atoms with Gasteiger partial charge in [0.25, 0.3) is 0 Å². The lowest BCUT2D eigenvalue weighted by Gasteiger charge is -2.46. The molecule has 1 N–H and O–H groups in total. The lowest BCUT2D eigenvalue weighted by atomic mass is 9.80. The van der Waals surface area contributed by atoms with Crippen molar-refractivity contribution in [1.29, 1.82) is 0 Å². The third kappa shape index (κ3) is 4.39. The van der Waals surface area contributed by atoms with E-state index in [1.165, 1.54) is 35.9 Å². The fourth-order valence-corrected chi connectivity index (χ4v) is 5.91. The molecule has 0 spiro atoms. The maximum Gasteiger partial charge on any atom is 0.132 e. The molecule has 0 amide bonds. The number of nitrogens with zero attached hydrogens (tertiary/aromatic N) is 3. The van der Waals surface area contributed by atoms with E-state index in [4.69, 9.17) is 4.98 Å². The van der Waals surface area contributed by atoms with Crippen LogP contribution in [0.15, 0.2) is 60.7 Å². The molecule has 4 heteroatoms. The molecule has 5 rings (SSSR count). The normalized spacial score (nSPS) is 22.1. The smallest absolute Gasteiger partial charge is 0.132 e. The lowest BCUT2D eigenvalue weighted by Crippen LogP contribution is -2.56. The molecule has 2 aliphatic heterocycles. The molecule has 3 unspecified atom stereocenters. The van der Waals surface area contributed by atoms with Crippen LogP contribution in [0.2, 0.25) is 0 Å². The van der Waals surface area contributed by atoms with Crippen LogP contribution in [-0.4, -0.2) is 55.2 Å². The molecule has 0 bridgehead atoms. The number of piperidine rings is 1. The Bertz CT molecular complexity index is 1020. The topological polar surface area (TPSA) is 31.4 Å². The number of pyridine rings is 1. The van der Waals surface area contributed by atoms with Gasteiger partial charge < -0.3 is 10.2 Å². The van der Waals surface area contributed by atoms with Crippen molar-refractivity contribution < 1.29 is 0 Å². The zero-order chi connectivity index (χ0) is 21.9. The van der Waals surface area contributed by atoms with E-state index in [0.717, 1.165) is 44.1 Å². The predicted molar refractivity (Wildman–Crippen MR) is 135 cm³/mol. The van der Waals surface area contributed by atoms with Crippen molar-refractivity contribution in [3.8, 4) is 0 Å². The summed E-state index contributed by atoms with van der Waals surface area (Å²) in [5.74, 6) is 2.41. The second-order valence-electron chi connectivity index (χ2n) is 9.64. The van der Waals surface area contributed by atoms with Gasteiger partial charge in [-0.15, -0.1) is 0 Å². The van der Waals surface area contributed by atoms with Gasteiger partial charge in [0.1, 0.15) is 5.82 Å². The molecular weight excluding hydrogens is 392 g/mol. The minimum atomic E-state index is 0.535. The second-order valence-corrected chi connectivity index (χ2v) is 9.64. The van der Waals surface area contributed by atoms with Gasteiger partial charge in [0, 0.05) is 37.6 Å². The minimum absolute atomic E-state index is 0.535.